The van der Waals surface area contributed by atoms with E-state index in [9.17, 15) is 27.2 Å². The van der Waals surface area contributed by atoms with E-state index in [1.807, 2.05) is 5.32 Å². The van der Waals surface area contributed by atoms with Gasteiger partial charge in [0, 0.05) is 12.7 Å². The third kappa shape index (κ3) is 6.36. The van der Waals surface area contributed by atoms with Crippen molar-refractivity contribution < 1.29 is 31.9 Å². The van der Waals surface area contributed by atoms with Gasteiger partial charge in [-0.3, -0.25) is 14.9 Å². The second kappa shape index (κ2) is 9.94. The number of nitrogens with one attached hydrogen (secondary N) is 2. The average Bonchev–Trinajstić information content (AvgIpc) is 2.68. The van der Waals surface area contributed by atoms with E-state index in [1.54, 1.807) is 30.3 Å². The Morgan fingerprint density at radius 3 is 2.27 bits per heavy atom. The van der Waals surface area contributed by atoms with Crippen molar-refractivity contribution in [2.45, 2.75) is 17.9 Å². The molecule has 3 amide bonds. The Hall–Kier alpha value is -3.31. The maximum absolute atomic E-state index is 13.0. The van der Waals surface area contributed by atoms with E-state index in [0.29, 0.717) is 9.99 Å². The number of rotatable bonds is 7. The normalized spacial score (nSPS) is 12.1. The molecule has 0 aliphatic carbocycles. The van der Waals surface area contributed by atoms with Crippen molar-refractivity contribution in [3.05, 3.63) is 60.4 Å². The number of imide groups is 1. The second-order valence-corrected chi connectivity index (χ2v) is 8.20. The SMILES string of the molecule is CC(OC(=O)CN(C)S(=O)(=O)c1ccc(F)cc1)C(=O)NC(=O)Nc1ccccc1. The van der Waals surface area contributed by atoms with Crippen molar-refractivity contribution in [2.75, 3.05) is 18.9 Å². The summed E-state index contributed by atoms with van der Waals surface area (Å²) in [6, 6.07) is 11.6. The minimum Gasteiger partial charge on any atom is -0.452 e. The molecular weight excluding hydrogens is 417 g/mol. The van der Waals surface area contributed by atoms with Crippen LogP contribution in [0.4, 0.5) is 14.9 Å². The number of sulfonamides is 1. The van der Waals surface area contributed by atoms with Crippen molar-refractivity contribution in [2.24, 2.45) is 0 Å². The Labute approximate surface area is 172 Å². The smallest absolute Gasteiger partial charge is 0.325 e. The zero-order chi connectivity index (χ0) is 22.3. The van der Waals surface area contributed by atoms with Crippen LogP contribution in [0.3, 0.4) is 0 Å². The van der Waals surface area contributed by atoms with Crippen molar-refractivity contribution >= 4 is 33.6 Å². The zero-order valence-corrected chi connectivity index (χ0v) is 17.0. The number of nitrogens with zero attached hydrogens (tertiary/aromatic N) is 1. The highest BCUT2D eigenvalue weighted by molar-refractivity contribution is 7.89. The lowest BCUT2D eigenvalue weighted by Crippen LogP contribution is -2.43. The fourth-order valence-corrected chi connectivity index (χ4v) is 3.35. The summed E-state index contributed by atoms with van der Waals surface area (Å²) >= 11 is 0. The number of hydrogen-bond donors (Lipinski definition) is 2. The van der Waals surface area contributed by atoms with Crippen LogP contribution in [0.2, 0.25) is 0 Å². The highest BCUT2D eigenvalue weighted by atomic mass is 32.2. The number of hydrogen-bond acceptors (Lipinski definition) is 6. The molecular formula is C19H20FN3O6S. The van der Waals surface area contributed by atoms with Crippen molar-refractivity contribution in [3.63, 3.8) is 0 Å². The summed E-state index contributed by atoms with van der Waals surface area (Å²) in [5.41, 5.74) is 0.458. The molecule has 0 aliphatic rings. The first kappa shape index (κ1) is 23.0. The molecule has 2 aromatic carbocycles. The molecule has 0 fully saturated rings. The number of benzene rings is 2. The van der Waals surface area contributed by atoms with Gasteiger partial charge >= 0.3 is 12.0 Å². The van der Waals surface area contributed by atoms with Gasteiger partial charge in [-0.05, 0) is 43.3 Å². The van der Waals surface area contributed by atoms with Crippen LogP contribution in [0.15, 0.2) is 59.5 Å². The second-order valence-electron chi connectivity index (χ2n) is 6.16. The molecule has 0 radical (unpaired) electrons. The lowest BCUT2D eigenvalue weighted by Gasteiger charge is -2.18. The minimum atomic E-state index is -4.06. The maximum atomic E-state index is 13.0. The summed E-state index contributed by atoms with van der Waals surface area (Å²) in [4.78, 5) is 35.6. The summed E-state index contributed by atoms with van der Waals surface area (Å²) in [5.74, 6) is -2.50. The lowest BCUT2D eigenvalue weighted by molar-refractivity contribution is -0.154. The molecule has 0 saturated heterocycles. The molecule has 0 spiro atoms. The first-order chi connectivity index (χ1) is 14.1. The van der Waals surface area contributed by atoms with E-state index < -0.39 is 46.4 Å². The Morgan fingerprint density at radius 1 is 1.07 bits per heavy atom. The molecule has 30 heavy (non-hydrogen) atoms. The molecule has 11 heteroatoms. The molecule has 0 heterocycles. The third-order valence-corrected chi connectivity index (χ3v) is 5.64. The van der Waals surface area contributed by atoms with Crippen molar-refractivity contribution in [1.82, 2.24) is 9.62 Å². The van der Waals surface area contributed by atoms with Crippen LogP contribution in [-0.4, -0.2) is 50.3 Å². The Balaban J connectivity index is 1.87. The zero-order valence-electron chi connectivity index (χ0n) is 16.2. The molecule has 2 aromatic rings. The molecule has 2 rings (SSSR count). The number of ether oxygens (including phenoxy) is 1. The summed E-state index contributed by atoms with van der Waals surface area (Å²) in [6.45, 7) is 0.547. The number of urea groups is 1. The van der Waals surface area contributed by atoms with Crippen LogP contribution in [0.25, 0.3) is 0 Å². The molecule has 1 unspecified atom stereocenters. The first-order valence-corrected chi connectivity index (χ1v) is 10.1. The number of carbonyl (C=O) groups is 3. The van der Waals surface area contributed by atoms with Gasteiger partial charge in [0.25, 0.3) is 5.91 Å². The van der Waals surface area contributed by atoms with Gasteiger partial charge in [-0.25, -0.2) is 17.6 Å². The molecule has 0 saturated carbocycles. The van der Waals surface area contributed by atoms with Gasteiger partial charge in [0.1, 0.15) is 12.4 Å². The van der Waals surface area contributed by atoms with Gasteiger partial charge in [0.05, 0.1) is 4.90 Å². The Morgan fingerprint density at radius 2 is 1.67 bits per heavy atom. The van der Waals surface area contributed by atoms with Crippen LogP contribution >= 0.6 is 0 Å². The molecule has 2 N–H and O–H groups in total. The highest BCUT2D eigenvalue weighted by Crippen LogP contribution is 2.14. The standard InChI is InChI=1S/C19H20FN3O6S/c1-13(18(25)22-19(26)21-15-6-4-3-5-7-15)29-17(24)12-23(2)30(27,28)16-10-8-14(20)9-11-16/h3-11,13H,12H2,1-2H3,(H2,21,22,25,26). The molecule has 0 aliphatic heterocycles. The van der Waals surface area contributed by atoms with Crippen molar-refractivity contribution in [3.8, 4) is 0 Å². The van der Waals surface area contributed by atoms with E-state index in [-0.39, 0.29) is 4.90 Å². The molecule has 0 bridgehead atoms. The molecule has 160 valence electrons. The van der Waals surface area contributed by atoms with E-state index in [0.717, 1.165) is 31.3 Å². The Bertz CT molecular complexity index is 1010. The minimum absolute atomic E-state index is 0.206. The lowest BCUT2D eigenvalue weighted by atomic mass is 10.3. The first-order valence-electron chi connectivity index (χ1n) is 8.68. The third-order valence-electron chi connectivity index (χ3n) is 3.82. The predicted molar refractivity (Wildman–Crippen MR) is 105 cm³/mol. The topological polar surface area (TPSA) is 122 Å². The number of esters is 1. The van der Waals surface area contributed by atoms with Crippen LogP contribution in [0, 0.1) is 5.82 Å². The summed E-state index contributed by atoms with van der Waals surface area (Å²) in [5, 5.41) is 4.44. The largest absolute Gasteiger partial charge is 0.452 e. The van der Waals surface area contributed by atoms with Crippen LogP contribution in [0.1, 0.15) is 6.92 Å². The van der Waals surface area contributed by atoms with Gasteiger partial charge in [-0.15, -0.1) is 0 Å². The van der Waals surface area contributed by atoms with Crippen molar-refractivity contribution in [1.29, 1.82) is 0 Å². The summed E-state index contributed by atoms with van der Waals surface area (Å²) in [7, 11) is -2.92. The quantitative estimate of drug-likeness (QED) is 0.636. The number of amides is 3. The van der Waals surface area contributed by atoms with E-state index in [1.165, 1.54) is 6.92 Å². The van der Waals surface area contributed by atoms with Crippen LogP contribution in [-0.2, 0) is 24.3 Å². The van der Waals surface area contributed by atoms with Gasteiger partial charge < -0.3 is 10.1 Å². The van der Waals surface area contributed by atoms with Gasteiger partial charge in [-0.1, -0.05) is 18.2 Å². The number of carbonyl (C=O) groups excluding carboxylic acids is 3. The summed E-state index contributed by atoms with van der Waals surface area (Å²) in [6.07, 6.45) is -1.35. The van der Waals surface area contributed by atoms with E-state index in [4.69, 9.17) is 4.74 Å². The molecule has 9 nitrogen and oxygen atoms in total. The molecule has 0 aromatic heterocycles. The van der Waals surface area contributed by atoms with Gasteiger partial charge in [0.2, 0.25) is 10.0 Å². The van der Waals surface area contributed by atoms with Gasteiger partial charge in [0.15, 0.2) is 6.10 Å². The average molecular weight is 437 g/mol. The predicted octanol–water partition coefficient (Wildman–Crippen LogP) is 1.73. The highest BCUT2D eigenvalue weighted by Gasteiger charge is 2.26. The number of para-hydroxylation sites is 1. The monoisotopic (exact) mass is 437 g/mol. The number of halogens is 1. The fraction of sp³-hybridized carbons (Fsp3) is 0.211. The van der Waals surface area contributed by atoms with E-state index >= 15 is 0 Å². The number of anilines is 1. The Kier molecular flexibility index (Phi) is 7.61. The van der Waals surface area contributed by atoms with Crippen LogP contribution < -0.4 is 10.6 Å². The number of likely N-dealkylation sites (N-methyl/N-ethyl adjacent to an activating group) is 1. The van der Waals surface area contributed by atoms with Gasteiger partial charge in [-0.2, -0.15) is 4.31 Å². The van der Waals surface area contributed by atoms with Crippen LogP contribution in [0.5, 0.6) is 0 Å². The van der Waals surface area contributed by atoms with E-state index in [2.05, 4.69) is 5.32 Å². The summed E-state index contributed by atoms with van der Waals surface area (Å²) < 4.78 is 43.3. The molecule has 1 atom stereocenters. The maximum Gasteiger partial charge on any atom is 0.325 e. The fourth-order valence-electron chi connectivity index (χ4n) is 2.24.